The molecule has 2 heterocycles. The van der Waals surface area contributed by atoms with E-state index in [0.717, 1.165) is 50.4 Å². The van der Waals surface area contributed by atoms with E-state index in [1.807, 2.05) is 29.2 Å². The molecule has 25 heavy (non-hydrogen) atoms. The Morgan fingerprint density at radius 2 is 1.72 bits per heavy atom. The average Bonchev–Trinajstić information content (AvgIpc) is 2.67. The molecule has 2 aliphatic heterocycles. The van der Waals surface area contributed by atoms with Gasteiger partial charge in [-0.2, -0.15) is 0 Å². The van der Waals surface area contributed by atoms with Crippen LogP contribution >= 0.6 is 0 Å². The number of ether oxygens (including phenoxy) is 1. The number of para-hydroxylation sites is 2. The lowest BCUT2D eigenvalue weighted by Crippen LogP contribution is -2.45. The van der Waals surface area contributed by atoms with Crippen molar-refractivity contribution in [2.24, 2.45) is 0 Å². The van der Waals surface area contributed by atoms with Crippen LogP contribution in [0.5, 0.6) is 0 Å². The number of benzene rings is 1. The van der Waals surface area contributed by atoms with Crippen LogP contribution in [0.4, 0.5) is 11.4 Å². The molecule has 3 rings (SSSR count). The molecule has 0 aromatic heterocycles. The van der Waals surface area contributed by atoms with Crippen LogP contribution in [-0.2, 0) is 14.3 Å². The topological polar surface area (TPSA) is 53.1 Å². The number of anilines is 2. The first kappa shape index (κ1) is 17.7. The Bertz CT molecular complexity index is 608. The molecule has 0 radical (unpaired) electrons. The van der Waals surface area contributed by atoms with Crippen molar-refractivity contribution in [3.63, 3.8) is 0 Å². The molecule has 0 unspecified atom stereocenters. The molecule has 6 nitrogen and oxygen atoms in total. The standard InChI is InChI=1S/C19H27N3O3/c1-16(23)22(15-19(24)21-9-5-2-6-10-21)18-8-4-3-7-17(18)20-11-13-25-14-12-20/h3-4,7-8H,2,5-6,9-15H2,1H3. The van der Waals surface area contributed by atoms with Crippen LogP contribution in [0, 0.1) is 0 Å². The van der Waals surface area contributed by atoms with Crippen LogP contribution in [0.25, 0.3) is 0 Å². The molecule has 2 fully saturated rings. The fourth-order valence-corrected chi connectivity index (χ4v) is 3.51. The van der Waals surface area contributed by atoms with E-state index in [1.54, 1.807) is 4.90 Å². The summed E-state index contributed by atoms with van der Waals surface area (Å²) in [6, 6.07) is 7.83. The van der Waals surface area contributed by atoms with E-state index in [4.69, 9.17) is 4.74 Å². The second-order valence-corrected chi connectivity index (χ2v) is 6.63. The first-order chi connectivity index (χ1) is 12.2. The molecule has 0 atom stereocenters. The summed E-state index contributed by atoms with van der Waals surface area (Å²) in [5.74, 6) is -0.0715. The number of rotatable bonds is 4. The maximum atomic E-state index is 12.7. The average molecular weight is 345 g/mol. The molecule has 0 N–H and O–H groups in total. The monoisotopic (exact) mass is 345 g/mol. The third kappa shape index (κ3) is 4.31. The van der Waals surface area contributed by atoms with E-state index in [2.05, 4.69) is 4.90 Å². The highest BCUT2D eigenvalue weighted by Crippen LogP contribution is 2.30. The SMILES string of the molecule is CC(=O)N(CC(=O)N1CCCCC1)c1ccccc1N1CCOCC1. The van der Waals surface area contributed by atoms with E-state index in [1.165, 1.54) is 13.3 Å². The zero-order valence-corrected chi connectivity index (χ0v) is 14.9. The summed E-state index contributed by atoms with van der Waals surface area (Å²) in [6.07, 6.45) is 3.28. The highest BCUT2D eigenvalue weighted by atomic mass is 16.5. The van der Waals surface area contributed by atoms with Gasteiger partial charge in [0.2, 0.25) is 11.8 Å². The van der Waals surface area contributed by atoms with Gasteiger partial charge in [0.25, 0.3) is 0 Å². The first-order valence-electron chi connectivity index (χ1n) is 9.14. The summed E-state index contributed by atoms with van der Waals surface area (Å²) in [4.78, 5) is 30.7. The Hall–Kier alpha value is -2.08. The number of hydrogen-bond donors (Lipinski definition) is 0. The number of carbonyl (C=O) groups excluding carboxylic acids is 2. The van der Waals surface area contributed by atoms with Gasteiger partial charge in [-0.3, -0.25) is 9.59 Å². The van der Waals surface area contributed by atoms with Gasteiger partial charge in [-0.05, 0) is 31.4 Å². The van der Waals surface area contributed by atoms with Crippen molar-refractivity contribution >= 4 is 23.2 Å². The molecule has 6 heteroatoms. The van der Waals surface area contributed by atoms with Crippen LogP contribution in [0.3, 0.4) is 0 Å². The van der Waals surface area contributed by atoms with Crippen LogP contribution in [-0.4, -0.2) is 62.7 Å². The van der Waals surface area contributed by atoms with Crippen molar-refractivity contribution < 1.29 is 14.3 Å². The fourth-order valence-electron chi connectivity index (χ4n) is 3.51. The maximum Gasteiger partial charge on any atom is 0.242 e. The molecule has 136 valence electrons. The Balaban J connectivity index is 1.80. The minimum Gasteiger partial charge on any atom is -0.378 e. The second-order valence-electron chi connectivity index (χ2n) is 6.63. The van der Waals surface area contributed by atoms with Crippen LogP contribution in [0.2, 0.25) is 0 Å². The van der Waals surface area contributed by atoms with Gasteiger partial charge < -0.3 is 19.4 Å². The summed E-state index contributed by atoms with van der Waals surface area (Å²) >= 11 is 0. The van der Waals surface area contributed by atoms with Crippen molar-refractivity contribution in [1.29, 1.82) is 0 Å². The number of carbonyl (C=O) groups is 2. The summed E-state index contributed by atoms with van der Waals surface area (Å²) in [7, 11) is 0. The third-order valence-electron chi connectivity index (χ3n) is 4.91. The number of nitrogens with zero attached hydrogens (tertiary/aromatic N) is 3. The zero-order valence-electron chi connectivity index (χ0n) is 14.9. The van der Waals surface area contributed by atoms with Crippen molar-refractivity contribution in [3.05, 3.63) is 24.3 Å². The predicted molar refractivity (Wildman–Crippen MR) is 97.9 cm³/mol. The second kappa shape index (κ2) is 8.34. The van der Waals surface area contributed by atoms with Crippen molar-refractivity contribution in [1.82, 2.24) is 4.90 Å². The molecule has 1 aromatic rings. The molecule has 1 aromatic carbocycles. The van der Waals surface area contributed by atoms with Gasteiger partial charge in [-0.15, -0.1) is 0 Å². The molecule has 2 amide bonds. The first-order valence-corrected chi connectivity index (χ1v) is 9.14. The molecule has 0 saturated carbocycles. The van der Waals surface area contributed by atoms with Gasteiger partial charge >= 0.3 is 0 Å². The Kier molecular flexibility index (Phi) is 5.91. The van der Waals surface area contributed by atoms with Gasteiger partial charge in [0.05, 0.1) is 24.6 Å². The summed E-state index contributed by atoms with van der Waals surface area (Å²) in [5.41, 5.74) is 1.80. The van der Waals surface area contributed by atoms with Gasteiger partial charge in [0, 0.05) is 33.1 Å². The van der Waals surface area contributed by atoms with E-state index in [9.17, 15) is 9.59 Å². The van der Waals surface area contributed by atoms with Crippen LogP contribution < -0.4 is 9.80 Å². The molecule has 2 saturated heterocycles. The highest BCUT2D eigenvalue weighted by molar-refractivity contribution is 6.00. The fraction of sp³-hybridized carbons (Fsp3) is 0.579. The molecular weight excluding hydrogens is 318 g/mol. The van der Waals surface area contributed by atoms with Crippen LogP contribution in [0.1, 0.15) is 26.2 Å². The van der Waals surface area contributed by atoms with Crippen LogP contribution in [0.15, 0.2) is 24.3 Å². The molecule has 0 bridgehead atoms. The van der Waals surface area contributed by atoms with Gasteiger partial charge in [-0.25, -0.2) is 0 Å². The Morgan fingerprint density at radius 3 is 2.40 bits per heavy atom. The minimum atomic E-state index is -0.105. The molecule has 0 aliphatic carbocycles. The lowest BCUT2D eigenvalue weighted by molar-refractivity contribution is -0.132. The van der Waals surface area contributed by atoms with Gasteiger partial charge in [-0.1, -0.05) is 12.1 Å². The van der Waals surface area contributed by atoms with Crippen molar-refractivity contribution in [2.75, 3.05) is 55.7 Å². The molecule has 0 spiro atoms. The van der Waals surface area contributed by atoms with E-state index in [-0.39, 0.29) is 18.4 Å². The van der Waals surface area contributed by atoms with Gasteiger partial charge in [0.1, 0.15) is 6.54 Å². The highest BCUT2D eigenvalue weighted by Gasteiger charge is 2.25. The lowest BCUT2D eigenvalue weighted by Gasteiger charge is -2.34. The predicted octanol–water partition coefficient (Wildman–Crippen LogP) is 1.89. The van der Waals surface area contributed by atoms with Gasteiger partial charge in [0.15, 0.2) is 0 Å². The molecular formula is C19H27N3O3. The molecule has 2 aliphatic rings. The summed E-state index contributed by atoms with van der Waals surface area (Å²) < 4.78 is 5.43. The zero-order chi connectivity index (χ0) is 17.6. The van der Waals surface area contributed by atoms with Crippen molar-refractivity contribution in [3.8, 4) is 0 Å². The number of likely N-dealkylation sites (tertiary alicyclic amines) is 1. The number of morpholine rings is 1. The number of hydrogen-bond acceptors (Lipinski definition) is 4. The smallest absolute Gasteiger partial charge is 0.242 e. The summed E-state index contributed by atoms with van der Waals surface area (Å²) in [6.45, 7) is 6.19. The van der Waals surface area contributed by atoms with E-state index in [0.29, 0.717) is 13.2 Å². The maximum absolute atomic E-state index is 12.7. The lowest BCUT2D eigenvalue weighted by atomic mass is 10.1. The number of amides is 2. The minimum absolute atomic E-state index is 0.0340. The third-order valence-corrected chi connectivity index (χ3v) is 4.91. The van der Waals surface area contributed by atoms with E-state index >= 15 is 0 Å². The largest absolute Gasteiger partial charge is 0.378 e. The van der Waals surface area contributed by atoms with E-state index < -0.39 is 0 Å². The summed E-state index contributed by atoms with van der Waals surface area (Å²) in [5, 5.41) is 0. The number of piperidine rings is 1. The Labute approximate surface area is 149 Å². The normalized spacial score (nSPS) is 18.1. The quantitative estimate of drug-likeness (QED) is 0.836. The van der Waals surface area contributed by atoms with Crippen molar-refractivity contribution in [2.45, 2.75) is 26.2 Å². The Morgan fingerprint density at radius 1 is 1.04 bits per heavy atom.